The molecule has 2 aromatic carbocycles. The van der Waals surface area contributed by atoms with Crippen LogP contribution in [0.25, 0.3) is 0 Å². The number of anilines is 2. The number of ether oxygens (including phenoxy) is 1. The number of aliphatic hydroxyl groups is 1. The Balaban J connectivity index is 1.89. The van der Waals surface area contributed by atoms with Crippen molar-refractivity contribution in [3.05, 3.63) is 75.1 Å². The number of hydrazone groups is 1. The normalized spacial score (nSPS) is 14.1. The molecule has 1 aliphatic heterocycles. The fraction of sp³-hybridized carbons (Fsp3) is 0.357. The lowest BCUT2D eigenvalue weighted by molar-refractivity contribution is -0.137. The first-order valence-electron chi connectivity index (χ1n) is 12.9. The van der Waals surface area contributed by atoms with Gasteiger partial charge in [-0.25, -0.2) is 5.84 Å². The molecule has 0 saturated carbocycles. The zero-order chi connectivity index (χ0) is 31.2. The first kappa shape index (κ1) is 32.7. The van der Waals surface area contributed by atoms with Crippen LogP contribution in [-0.2, 0) is 12.7 Å². The third-order valence-electron chi connectivity index (χ3n) is 6.48. The van der Waals surface area contributed by atoms with E-state index < -0.39 is 17.6 Å². The second kappa shape index (κ2) is 13.9. The molecular formula is C28H35ClF3N7O3. The van der Waals surface area contributed by atoms with Crippen LogP contribution in [0, 0.1) is 0 Å². The number of hydrazine groups is 1. The number of nitrogens with two attached hydrogens (primary N) is 2. The zero-order valence-corrected chi connectivity index (χ0v) is 24.6. The van der Waals surface area contributed by atoms with E-state index in [-0.39, 0.29) is 53.0 Å². The van der Waals surface area contributed by atoms with Gasteiger partial charge in [0.25, 0.3) is 5.91 Å². The van der Waals surface area contributed by atoms with Gasteiger partial charge in [0.05, 0.1) is 48.4 Å². The Morgan fingerprint density at radius 3 is 2.64 bits per heavy atom. The summed E-state index contributed by atoms with van der Waals surface area (Å²) in [6.45, 7) is 2.75. The molecule has 0 atom stereocenters. The van der Waals surface area contributed by atoms with Crippen LogP contribution in [0.1, 0.15) is 34.8 Å². The number of halogens is 4. The number of methoxy groups -OCH3 is 1. The number of nitrogens with one attached hydrogen (secondary N) is 1. The molecule has 0 fully saturated rings. The van der Waals surface area contributed by atoms with Crippen molar-refractivity contribution in [1.82, 2.24) is 9.91 Å². The van der Waals surface area contributed by atoms with Gasteiger partial charge in [-0.15, -0.1) is 0 Å². The molecular weight excluding hydrogens is 575 g/mol. The predicted molar refractivity (Wildman–Crippen MR) is 158 cm³/mol. The summed E-state index contributed by atoms with van der Waals surface area (Å²) < 4.78 is 46.6. The fourth-order valence-electron chi connectivity index (χ4n) is 4.37. The van der Waals surface area contributed by atoms with Gasteiger partial charge < -0.3 is 20.9 Å². The Kier molecular flexibility index (Phi) is 10.9. The summed E-state index contributed by atoms with van der Waals surface area (Å²) in [5.41, 5.74) is 8.08. The van der Waals surface area contributed by atoms with Crippen LogP contribution < -0.4 is 26.6 Å². The molecule has 0 spiro atoms. The predicted octanol–water partition coefficient (Wildman–Crippen LogP) is 4.16. The van der Waals surface area contributed by atoms with Gasteiger partial charge in [-0.1, -0.05) is 11.6 Å². The van der Waals surface area contributed by atoms with Crippen LogP contribution in [0.15, 0.2) is 58.5 Å². The molecule has 6 N–H and O–H groups in total. The lowest BCUT2D eigenvalue weighted by Crippen LogP contribution is -2.27. The summed E-state index contributed by atoms with van der Waals surface area (Å²) >= 11 is 6.36. The maximum atomic E-state index is 13.7. The number of aliphatic hydroxyl groups excluding tert-OH is 1. The second-order valence-electron chi connectivity index (χ2n) is 9.95. The molecule has 0 radical (unpaired) electrons. The highest BCUT2D eigenvalue weighted by Crippen LogP contribution is 2.39. The van der Waals surface area contributed by atoms with Crippen molar-refractivity contribution in [3.63, 3.8) is 0 Å². The number of carbonyl (C=O) groups is 1. The van der Waals surface area contributed by atoms with Crippen LogP contribution in [0.4, 0.5) is 24.5 Å². The summed E-state index contributed by atoms with van der Waals surface area (Å²) in [4.78, 5) is 14.9. The molecule has 10 nitrogen and oxygen atoms in total. The van der Waals surface area contributed by atoms with Gasteiger partial charge in [0.2, 0.25) is 0 Å². The van der Waals surface area contributed by atoms with E-state index in [0.717, 1.165) is 23.3 Å². The van der Waals surface area contributed by atoms with Crippen molar-refractivity contribution in [2.24, 2.45) is 16.7 Å². The first-order chi connectivity index (χ1) is 19.7. The van der Waals surface area contributed by atoms with E-state index >= 15 is 0 Å². The summed E-state index contributed by atoms with van der Waals surface area (Å²) in [5.74, 6) is 5.57. The van der Waals surface area contributed by atoms with Gasteiger partial charge in [-0.3, -0.25) is 19.7 Å². The minimum Gasteiger partial charge on any atom is -0.494 e. The molecule has 228 valence electrons. The van der Waals surface area contributed by atoms with Crippen LogP contribution in [0.5, 0.6) is 5.75 Å². The highest BCUT2D eigenvalue weighted by atomic mass is 35.5. The molecule has 1 heterocycles. The van der Waals surface area contributed by atoms with Crippen molar-refractivity contribution in [2.75, 3.05) is 51.2 Å². The van der Waals surface area contributed by atoms with E-state index in [1.54, 1.807) is 23.2 Å². The van der Waals surface area contributed by atoms with E-state index in [4.69, 9.17) is 27.9 Å². The number of amides is 1. The van der Waals surface area contributed by atoms with Crippen LogP contribution in [-0.4, -0.2) is 68.0 Å². The monoisotopic (exact) mass is 609 g/mol. The number of rotatable bonds is 11. The zero-order valence-electron chi connectivity index (χ0n) is 23.8. The number of hydrogen-bond acceptors (Lipinski definition) is 9. The van der Waals surface area contributed by atoms with E-state index in [2.05, 4.69) is 10.4 Å². The Morgan fingerprint density at radius 2 is 2.02 bits per heavy atom. The minimum atomic E-state index is -4.68. The Hall–Kier alpha value is -3.78. The SMILES string of the molecule is COc1c(CN(C)CCO)cc(C(F)(F)F)cc1NC(=O)c1ccc(Cl)c(N(N)/C=C(\N)CC2=C(C)CN(C)N=C2)c1. The number of allylic oxidation sites excluding steroid dienone is 1. The largest absolute Gasteiger partial charge is 0.494 e. The first-order valence-corrected chi connectivity index (χ1v) is 13.2. The van der Waals surface area contributed by atoms with Gasteiger partial charge in [0.15, 0.2) is 0 Å². The van der Waals surface area contributed by atoms with Crippen molar-refractivity contribution in [3.8, 4) is 5.75 Å². The van der Waals surface area contributed by atoms with E-state index in [0.29, 0.717) is 18.7 Å². The highest BCUT2D eigenvalue weighted by molar-refractivity contribution is 6.33. The van der Waals surface area contributed by atoms with Gasteiger partial charge in [0.1, 0.15) is 5.75 Å². The molecule has 1 aliphatic rings. The van der Waals surface area contributed by atoms with Gasteiger partial charge in [0, 0.05) is 49.6 Å². The van der Waals surface area contributed by atoms with Crippen molar-refractivity contribution in [2.45, 2.75) is 26.1 Å². The highest BCUT2D eigenvalue weighted by Gasteiger charge is 2.33. The molecule has 0 bridgehead atoms. The number of carbonyl (C=O) groups excluding carboxylic acids is 1. The van der Waals surface area contributed by atoms with E-state index in [9.17, 15) is 23.1 Å². The smallest absolute Gasteiger partial charge is 0.416 e. The maximum Gasteiger partial charge on any atom is 0.416 e. The van der Waals surface area contributed by atoms with E-state index in [1.165, 1.54) is 36.5 Å². The lowest BCUT2D eigenvalue weighted by atomic mass is 10.0. The topological polar surface area (TPSA) is 133 Å². The van der Waals surface area contributed by atoms with Crippen molar-refractivity contribution >= 4 is 35.1 Å². The quantitative estimate of drug-likeness (QED) is 0.221. The molecule has 3 rings (SSSR count). The molecule has 0 aliphatic carbocycles. The number of likely N-dealkylation sites (N-methyl/N-ethyl adjacent to an activating group) is 2. The van der Waals surface area contributed by atoms with Crippen molar-refractivity contribution < 1.29 is 27.8 Å². The van der Waals surface area contributed by atoms with Gasteiger partial charge in [-0.2, -0.15) is 18.3 Å². The molecule has 0 unspecified atom stereocenters. The lowest BCUT2D eigenvalue weighted by Gasteiger charge is -2.22. The molecule has 0 aromatic heterocycles. The molecule has 1 amide bonds. The standard InChI is InChI=1S/C28H35ClF3N7O3/c1-17-14-38(3)35-13-19(17)10-22(33)16-39(34)25-11-18(5-6-23(25)29)27(41)36-24-12-21(28(30,31)32)9-20(26(24)42-4)15-37(2)7-8-40/h5-6,9,11-13,16,40H,7-8,10,14-15,33-34H2,1-4H3,(H,36,41)/b22-16-. The summed E-state index contributed by atoms with van der Waals surface area (Å²) in [6.07, 6.45) is -1.08. The van der Waals surface area contributed by atoms with Crippen LogP contribution in [0.3, 0.4) is 0 Å². The second-order valence-corrected chi connectivity index (χ2v) is 10.4. The van der Waals surface area contributed by atoms with Gasteiger partial charge >= 0.3 is 6.18 Å². The summed E-state index contributed by atoms with van der Waals surface area (Å²) in [7, 11) is 4.80. The minimum absolute atomic E-state index is 0.0382. The van der Waals surface area contributed by atoms with Crippen LogP contribution in [0.2, 0.25) is 5.02 Å². The van der Waals surface area contributed by atoms with Crippen molar-refractivity contribution in [1.29, 1.82) is 0 Å². The Bertz CT molecular complexity index is 1400. The molecule has 42 heavy (non-hydrogen) atoms. The number of benzene rings is 2. The Labute approximate surface area is 247 Å². The Morgan fingerprint density at radius 1 is 1.31 bits per heavy atom. The average Bonchev–Trinajstić information content (AvgIpc) is 2.90. The maximum absolute atomic E-state index is 13.7. The summed E-state index contributed by atoms with van der Waals surface area (Å²) in [5, 5.41) is 19.2. The molecule has 0 saturated heterocycles. The number of hydrogen-bond donors (Lipinski definition) is 4. The number of alkyl halides is 3. The third kappa shape index (κ3) is 8.38. The van der Waals surface area contributed by atoms with Crippen LogP contribution >= 0.6 is 11.6 Å². The average molecular weight is 610 g/mol. The number of nitrogens with zero attached hydrogens (tertiary/aromatic N) is 4. The van der Waals surface area contributed by atoms with Gasteiger partial charge in [-0.05, 0) is 55.4 Å². The molecule has 2 aromatic rings. The van der Waals surface area contributed by atoms with E-state index in [1.807, 2.05) is 14.0 Å². The molecule has 14 heteroatoms. The summed E-state index contributed by atoms with van der Waals surface area (Å²) in [6, 6.07) is 6.04. The third-order valence-corrected chi connectivity index (χ3v) is 6.80. The fourth-order valence-corrected chi connectivity index (χ4v) is 4.58.